The molecule has 0 radical (unpaired) electrons. The van der Waals surface area contributed by atoms with Crippen LogP contribution in [0.4, 0.5) is 0 Å². The van der Waals surface area contributed by atoms with E-state index in [0.29, 0.717) is 11.5 Å². The van der Waals surface area contributed by atoms with E-state index in [1.807, 2.05) is 52.0 Å². The van der Waals surface area contributed by atoms with E-state index in [4.69, 9.17) is 14.2 Å². The Labute approximate surface area is 161 Å². The number of hydrogen-bond acceptors (Lipinski definition) is 4. The molecule has 0 aromatic heterocycles. The van der Waals surface area contributed by atoms with Crippen LogP contribution in [0.5, 0.6) is 17.2 Å². The van der Waals surface area contributed by atoms with Crippen LogP contribution in [0.3, 0.4) is 0 Å². The van der Waals surface area contributed by atoms with E-state index in [9.17, 15) is 4.79 Å². The number of carbonyl (C=O) groups is 1. The number of ether oxygens (including phenoxy) is 3. The number of amides is 1. The van der Waals surface area contributed by atoms with Crippen LogP contribution in [-0.2, 0) is 4.79 Å². The van der Waals surface area contributed by atoms with E-state index in [-0.39, 0.29) is 18.6 Å². The van der Waals surface area contributed by atoms with E-state index in [1.165, 1.54) is 0 Å². The molecule has 5 heteroatoms. The van der Waals surface area contributed by atoms with E-state index in [2.05, 4.69) is 11.4 Å². The van der Waals surface area contributed by atoms with Gasteiger partial charge >= 0.3 is 0 Å². The predicted octanol–water partition coefficient (Wildman–Crippen LogP) is 4.28. The number of aryl methyl sites for hydroxylation is 2. The Bertz CT molecular complexity index is 801. The van der Waals surface area contributed by atoms with Crippen molar-refractivity contribution in [1.29, 1.82) is 0 Å². The Morgan fingerprint density at radius 2 is 1.70 bits per heavy atom. The zero-order chi connectivity index (χ0) is 20.0. The Hall–Kier alpha value is -2.69. The van der Waals surface area contributed by atoms with Gasteiger partial charge in [-0.05, 0) is 67.6 Å². The molecule has 2 aromatic carbocycles. The highest BCUT2D eigenvalue weighted by atomic mass is 16.5. The maximum absolute atomic E-state index is 12.4. The minimum absolute atomic E-state index is 0.0203. The largest absolute Gasteiger partial charge is 0.493 e. The Morgan fingerprint density at radius 1 is 1.00 bits per heavy atom. The van der Waals surface area contributed by atoms with Crippen molar-refractivity contribution in [3.05, 3.63) is 52.6 Å². The van der Waals surface area contributed by atoms with Gasteiger partial charge in [-0.15, -0.1) is 0 Å². The van der Waals surface area contributed by atoms with Gasteiger partial charge in [-0.2, -0.15) is 0 Å². The summed E-state index contributed by atoms with van der Waals surface area (Å²) in [5.41, 5.74) is 4.29. The Balaban J connectivity index is 2.05. The first kappa shape index (κ1) is 20.6. The van der Waals surface area contributed by atoms with Gasteiger partial charge in [0, 0.05) is 0 Å². The number of carbonyl (C=O) groups excluding carboxylic acids is 1. The van der Waals surface area contributed by atoms with Gasteiger partial charge in [0.2, 0.25) is 0 Å². The average molecular weight is 371 g/mol. The molecule has 5 nitrogen and oxygen atoms in total. The van der Waals surface area contributed by atoms with Crippen LogP contribution in [0.1, 0.15) is 41.6 Å². The smallest absolute Gasteiger partial charge is 0.258 e. The molecule has 0 aliphatic heterocycles. The van der Waals surface area contributed by atoms with Crippen molar-refractivity contribution in [3.8, 4) is 17.2 Å². The predicted molar refractivity (Wildman–Crippen MR) is 107 cm³/mol. The van der Waals surface area contributed by atoms with Gasteiger partial charge in [0.25, 0.3) is 5.91 Å². The van der Waals surface area contributed by atoms with Crippen LogP contribution < -0.4 is 19.5 Å². The molecule has 0 fully saturated rings. The minimum atomic E-state index is -0.157. The SMILES string of the molecule is CCC(NC(=O)COc1cc(C)cc(C)c1C)c1ccc(OC)c(OC)c1. The normalized spacial score (nSPS) is 11.6. The molecule has 146 valence electrons. The summed E-state index contributed by atoms with van der Waals surface area (Å²) < 4.78 is 16.4. The van der Waals surface area contributed by atoms with Crippen LogP contribution in [0, 0.1) is 20.8 Å². The quantitative estimate of drug-likeness (QED) is 0.753. The van der Waals surface area contributed by atoms with E-state index in [1.54, 1.807) is 14.2 Å². The van der Waals surface area contributed by atoms with E-state index in [0.717, 1.165) is 34.4 Å². The molecule has 2 aromatic rings. The lowest BCUT2D eigenvalue weighted by atomic mass is 10.0. The van der Waals surface area contributed by atoms with E-state index < -0.39 is 0 Å². The lowest BCUT2D eigenvalue weighted by molar-refractivity contribution is -0.123. The summed E-state index contributed by atoms with van der Waals surface area (Å²) in [5.74, 6) is 1.90. The summed E-state index contributed by atoms with van der Waals surface area (Å²) >= 11 is 0. The molecular weight excluding hydrogens is 342 g/mol. The Kier molecular flexibility index (Phi) is 7.11. The summed E-state index contributed by atoms with van der Waals surface area (Å²) in [7, 11) is 3.20. The van der Waals surface area contributed by atoms with Crippen molar-refractivity contribution in [2.45, 2.75) is 40.2 Å². The molecule has 27 heavy (non-hydrogen) atoms. The molecule has 0 spiro atoms. The lowest BCUT2D eigenvalue weighted by Gasteiger charge is -2.19. The van der Waals surface area contributed by atoms with Crippen molar-refractivity contribution in [2.24, 2.45) is 0 Å². The molecule has 0 aliphatic carbocycles. The first-order chi connectivity index (χ1) is 12.9. The van der Waals surface area contributed by atoms with Gasteiger partial charge in [0.1, 0.15) is 5.75 Å². The maximum atomic E-state index is 12.4. The second-order valence-corrected chi connectivity index (χ2v) is 6.64. The average Bonchev–Trinajstić information content (AvgIpc) is 2.67. The molecule has 0 heterocycles. The summed E-state index contributed by atoms with van der Waals surface area (Å²) in [6.07, 6.45) is 0.754. The molecule has 1 unspecified atom stereocenters. The zero-order valence-electron chi connectivity index (χ0n) is 17.0. The second-order valence-electron chi connectivity index (χ2n) is 6.64. The fraction of sp³-hybridized carbons (Fsp3) is 0.409. The number of nitrogens with one attached hydrogen (secondary N) is 1. The van der Waals surface area contributed by atoms with Crippen LogP contribution in [0.15, 0.2) is 30.3 Å². The summed E-state index contributed by atoms with van der Waals surface area (Å²) in [5, 5.41) is 3.03. The van der Waals surface area contributed by atoms with Crippen molar-refractivity contribution in [3.63, 3.8) is 0 Å². The van der Waals surface area contributed by atoms with Gasteiger partial charge in [0.15, 0.2) is 18.1 Å². The fourth-order valence-electron chi connectivity index (χ4n) is 3.02. The van der Waals surface area contributed by atoms with Gasteiger partial charge in [-0.1, -0.05) is 19.1 Å². The van der Waals surface area contributed by atoms with Crippen LogP contribution in [-0.4, -0.2) is 26.7 Å². The van der Waals surface area contributed by atoms with E-state index >= 15 is 0 Å². The number of benzene rings is 2. The van der Waals surface area contributed by atoms with Crippen molar-refractivity contribution >= 4 is 5.91 Å². The highest BCUT2D eigenvalue weighted by Gasteiger charge is 2.16. The van der Waals surface area contributed by atoms with Crippen molar-refractivity contribution in [1.82, 2.24) is 5.32 Å². The molecule has 1 N–H and O–H groups in total. The van der Waals surface area contributed by atoms with Crippen LogP contribution in [0.25, 0.3) is 0 Å². The standard InChI is InChI=1S/C22H29NO4/c1-7-18(17-8-9-19(25-5)21(12-17)26-6)23-22(24)13-27-20-11-14(2)10-15(3)16(20)4/h8-12,18H,7,13H2,1-6H3,(H,23,24). The lowest BCUT2D eigenvalue weighted by Crippen LogP contribution is -2.32. The minimum Gasteiger partial charge on any atom is -0.493 e. The fourth-order valence-corrected chi connectivity index (χ4v) is 3.02. The molecule has 1 amide bonds. The van der Waals surface area contributed by atoms with Crippen LogP contribution >= 0.6 is 0 Å². The highest BCUT2D eigenvalue weighted by molar-refractivity contribution is 5.78. The summed E-state index contributed by atoms with van der Waals surface area (Å²) in [6.45, 7) is 8.06. The summed E-state index contributed by atoms with van der Waals surface area (Å²) in [4.78, 5) is 12.4. The monoisotopic (exact) mass is 371 g/mol. The highest BCUT2D eigenvalue weighted by Crippen LogP contribution is 2.31. The number of hydrogen-bond donors (Lipinski definition) is 1. The van der Waals surface area contributed by atoms with Gasteiger partial charge in [-0.3, -0.25) is 4.79 Å². The first-order valence-electron chi connectivity index (χ1n) is 9.11. The molecule has 0 saturated heterocycles. The van der Waals surface area contributed by atoms with Gasteiger partial charge in [-0.25, -0.2) is 0 Å². The topological polar surface area (TPSA) is 56.8 Å². The second kappa shape index (κ2) is 9.31. The molecule has 2 rings (SSSR count). The molecule has 0 bridgehead atoms. The third-order valence-corrected chi connectivity index (χ3v) is 4.68. The number of rotatable bonds is 8. The van der Waals surface area contributed by atoms with Crippen LogP contribution in [0.2, 0.25) is 0 Å². The molecule has 0 aliphatic rings. The zero-order valence-corrected chi connectivity index (χ0v) is 17.0. The van der Waals surface area contributed by atoms with Crippen molar-refractivity contribution in [2.75, 3.05) is 20.8 Å². The van der Waals surface area contributed by atoms with Crippen molar-refractivity contribution < 1.29 is 19.0 Å². The van der Waals surface area contributed by atoms with Gasteiger partial charge in [0.05, 0.1) is 20.3 Å². The van der Waals surface area contributed by atoms with Gasteiger partial charge < -0.3 is 19.5 Å². The Morgan fingerprint density at radius 3 is 2.33 bits per heavy atom. The summed E-state index contributed by atoms with van der Waals surface area (Å²) in [6, 6.07) is 9.61. The molecule has 1 atom stereocenters. The molecular formula is C22H29NO4. The third-order valence-electron chi connectivity index (χ3n) is 4.68. The first-order valence-corrected chi connectivity index (χ1v) is 9.11. The number of methoxy groups -OCH3 is 2. The third kappa shape index (κ3) is 5.16. The molecule has 0 saturated carbocycles. The maximum Gasteiger partial charge on any atom is 0.258 e.